The Bertz CT molecular complexity index is 717. The first-order chi connectivity index (χ1) is 10.4. The van der Waals surface area contributed by atoms with Gasteiger partial charge in [0.05, 0.1) is 0 Å². The van der Waals surface area contributed by atoms with Gasteiger partial charge >= 0.3 is 0 Å². The van der Waals surface area contributed by atoms with Crippen molar-refractivity contribution in [3.63, 3.8) is 0 Å². The Labute approximate surface area is 126 Å². The molecule has 0 bridgehead atoms. The predicted molar refractivity (Wildman–Crippen MR) is 89.3 cm³/mol. The Morgan fingerprint density at radius 2 is 0.905 bits per heavy atom. The maximum absolute atomic E-state index is 2.29. The summed E-state index contributed by atoms with van der Waals surface area (Å²) in [5.41, 5.74) is 6.64. The molecule has 0 N–H and O–H groups in total. The minimum absolute atomic E-state index is 0.833. The lowest BCUT2D eigenvalue weighted by Crippen LogP contribution is -1.82. The van der Waals surface area contributed by atoms with E-state index in [1.165, 1.54) is 40.7 Å². The molecule has 0 radical (unpaired) electrons. The maximum atomic E-state index is 2.29. The highest BCUT2D eigenvalue weighted by molar-refractivity contribution is 5.70. The fraction of sp³-hybridized carbons (Fsp3) is 0.143. The van der Waals surface area contributed by atoms with Crippen molar-refractivity contribution in [3.05, 3.63) is 84.4 Å². The average molecular weight is 270 g/mol. The summed E-state index contributed by atoms with van der Waals surface area (Å²) in [6, 6.07) is 28.5. The number of rotatable bonds is 3. The molecule has 102 valence electrons. The molecule has 0 amide bonds. The third-order valence-electron chi connectivity index (χ3n) is 4.28. The van der Waals surface area contributed by atoms with Gasteiger partial charge in [-0.1, -0.05) is 78.9 Å². The second-order valence-corrected chi connectivity index (χ2v) is 5.84. The molecule has 21 heavy (non-hydrogen) atoms. The first kappa shape index (κ1) is 12.4. The van der Waals surface area contributed by atoms with Crippen LogP contribution in [-0.4, -0.2) is 0 Å². The molecular weight excluding hydrogens is 252 g/mol. The van der Waals surface area contributed by atoms with E-state index in [9.17, 15) is 0 Å². The fourth-order valence-electron chi connectivity index (χ4n) is 2.85. The molecular formula is C21H18. The Morgan fingerprint density at radius 1 is 0.476 bits per heavy atom. The molecule has 0 saturated heterocycles. The molecule has 1 aliphatic rings. The van der Waals surface area contributed by atoms with Crippen LogP contribution in [0.1, 0.15) is 24.3 Å². The Hall–Kier alpha value is -2.34. The molecule has 0 heteroatoms. The van der Waals surface area contributed by atoms with Crippen LogP contribution >= 0.6 is 0 Å². The Kier molecular flexibility index (Phi) is 3.08. The third kappa shape index (κ3) is 2.62. The minimum Gasteiger partial charge on any atom is -0.0622 e. The second kappa shape index (κ2) is 5.21. The molecule has 0 spiro atoms. The highest BCUT2D eigenvalue weighted by Gasteiger charge is 2.22. The van der Waals surface area contributed by atoms with Crippen LogP contribution in [0.25, 0.3) is 22.3 Å². The van der Waals surface area contributed by atoms with E-state index in [2.05, 4.69) is 78.9 Å². The molecule has 0 heterocycles. The van der Waals surface area contributed by atoms with Crippen molar-refractivity contribution in [2.75, 3.05) is 0 Å². The van der Waals surface area contributed by atoms with Crippen LogP contribution in [0.3, 0.4) is 0 Å². The monoisotopic (exact) mass is 270 g/mol. The standard InChI is InChI=1S/C21H18/c1-2-4-16(5-3-1)17-6-8-18(9-7-17)19-10-12-20(13-11-19)21-14-15-21/h1-13,21H,14-15H2. The SMILES string of the molecule is c1ccc(-c2ccc(-c3ccc(C4CC4)cc3)cc2)cc1. The molecule has 0 nitrogen and oxygen atoms in total. The molecule has 1 saturated carbocycles. The Balaban J connectivity index is 1.61. The van der Waals surface area contributed by atoms with Crippen LogP contribution < -0.4 is 0 Å². The van der Waals surface area contributed by atoms with Gasteiger partial charge in [0.25, 0.3) is 0 Å². The summed E-state index contributed by atoms with van der Waals surface area (Å²) in [4.78, 5) is 0. The first-order valence-corrected chi connectivity index (χ1v) is 7.66. The van der Waals surface area contributed by atoms with Gasteiger partial charge in [0, 0.05) is 0 Å². The highest BCUT2D eigenvalue weighted by Crippen LogP contribution is 2.40. The van der Waals surface area contributed by atoms with Crippen molar-refractivity contribution < 1.29 is 0 Å². The topological polar surface area (TPSA) is 0 Å². The molecule has 0 aromatic heterocycles. The van der Waals surface area contributed by atoms with Crippen molar-refractivity contribution in [3.8, 4) is 22.3 Å². The van der Waals surface area contributed by atoms with Gasteiger partial charge in [-0.05, 0) is 46.6 Å². The lowest BCUT2D eigenvalue weighted by molar-refractivity contribution is 1.13. The molecule has 1 aliphatic carbocycles. The van der Waals surface area contributed by atoms with Gasteiger partial charge in [-0.15, -0.1) is 0 Å². The summed E-state index contributed by atoms with van der Waals surface area (Å²) >= 11 is 0. The van der Waals surface area contributed by atoms with Gasteiger partial charge in [-0.2, -0.15) is 0 Å². The molecule has 4 rings (SSSR count). The normalized spacial score (nSPS) is 14.1. The van der Waals surface area contributed by atoms with E-state index in [1.807, 2.05) is 0 Å². The van der Waals surface area contributed by atoms with Gasteiger partial charge in [0.2, 0.25) is 0 Å². The molecule has 3 aromatic carbocycles. The third-order valence-corrected chi connectivity index (χ3v) is 4.28. The molecule has 0 aliphatic heterocycles. The van der Waals surface area contributed by atoms with Crippen molar-refractivity contribution in [2.45, 2.75) is 18.8 Å². The summed E-state index contributed by atoms with van der Waals surface area (Å²) < 4.78 is 0. The summed E-state index contributed by atoms with van der Waals surface area (Å²) in [5, 5.41) is 0. The van der Waals surface area contributed by atoms with Crippen LogP contribution in [0.15, 0.2) is 78.9 Å². The summed E-state index contributed by atoms with van der Waals surface area (Å²) in [7, 11) is 0. The van der Waals surface area contributed by atoms with Crippen LogP contribution in [0.4, 0.5) is 0 Å². The average Bonchev–Trinajstić information content (AvgIpc) is 3.41. The summed E-state index contributed by atoms with van der Waals surface area (Å²) in [6.07, 6.45) is 2.73. The smallest absolute Gasteiger partial charge is 0.0162 e. The fourth-order valence-corrected chi connectivity index (χ4v) is 2.85. The van der Waals surface area contributed by atoms with E-state index in [0.717, 1.165) is 5.92 Å². The summed E-state index contributed by atoms with van der Waals surface area (Å²) in [5.74, 6) is 0.833. The van der Waals surface area contributed by atoms with E-state index in [4.69, 9.17) is 0 Å². The lowest BCUT2D eigenvalue weighted by atomic mass is 9.99. The van der Waals surface area contributed by atoms with Crippen molar-refractivity contribution in [2.24, 2.45) is 0 Å². The van der Waals surface area contributed by atoms with E-state index < -0.39 is 0 Å². The van der Waals surface area contributed by atoms with E-state index in [-0.39, 0.29) is 0 Å². The summed E-state index contributed by atoms with van der Waals surface area (Å²) in [6.45, 7) is 0. The Morgan fingerprint density at radius 3 is 1.38 bits per heavy atom. The van der Waals surface area contributed by atoms with Gasteiger partial charge in [-0.25, -0.2) is 0 Å². The zero-order valence-electron chi connectivity index (χ0n) is 12.0. The van der Waals surface area contributed by atoms with Gasteiger partial charge in [0.15, 0.2) is 0 Å². The van der Waals surface area contributed by atoms with Gasteiger partial charge in [-0.3, -0.25) is 0 Å². The molecule has 1 fully saturated rings. The second-order valence-electron chi connectivity index (χ2n) is 5.84. The quantitative estimate of drug-likeness (QED) is 0.556. The predicted octanol–water partition coefficient (Wildman–Crippen LogP) is 5.90. The molecule has 0 atom stereocenters. The number of hydrogen-bond acceptors (Lipinski definition) is 0. The van der Waals surface area contributed by atoms with E-state index >= 15 is 0 Å². The lowest BCUT2D eigenvalue weighted by Gasteiger charge is -2.06. The highest BCUT2D eigenvalue weighted by atomic mass is 14.3. The van der Waals surface area contributed by atoms with E-state index in [0.29, 0.717) is 0 Å². The molecule has 0 unspecified atom stereocenters. The van der Waals surface area contributed by atoms with Crippen molar-refractivity contribution >= 4 is 0 Å². The van der Waals surface area contributed by atoms with Crippen LogP contribution in [0.2, 0.25) is 0 Å². The first-order valence-electron chi connectivity index (χ1n) is 7.66. The zero-order chi connectivity index (χ0) is 14.1. The number of hydrogen-bond donors (Lipinski definition) is 0. The van der Waals surface area contributed by atoms with E-state index in [1.54, 1.807) is 0 Å². The van der Waals surface area contributed by atoms with Gasteiger partial charge in [0.1, 0.15) is 0 Å². The largest absolute Gasteiger partial charge is 0.0622 e. The van der Waals surface area contributed by atoms with Crippen LogP contribution in [-0.2, 0) is 0 Å². The van der Waals surface area contributed by atoms with Gasteiger partial charge < -0.3 is 0 Å². The van der Waals surface area contributed by atoms with Crippen molar-refractivity contribution in [1.82, 2.24) is 0 Å². The molecule has 3 aromatic rings. The maximum Gasteiger partial charge on any atom is -0.0162 e. The van der Waals surface area contributed by atoms with Crippen LogP contribution in [0.5, 0.6) is 0 Å². The zero-order valence-corrected chi connectivity index (χ0v) is 12.0. The number of benzene rings is 3. The minimum atomic E-state index is 0.833. The van der Waals surface area contributed by atoms with Crippen LogP contribution in [0, 0.1) is 0 Å². The van der Waals surface area contributed by atoms with Crippen molar-refractivity contribution in [1.29, 1.82) is 0 Å².